The van der Waals surface area contributed by atoms with E-state index in [1.807, 2.05) is 15.7 Å². The summed E-state index contributed by atoms with van der Waals surface area (Å²) in [5.41, 5.74) is 1.64. The quantitative estimate of drug-likeness (QED) is 0.458. The molecule has 0 aromatic carbocycles. The molecule has 0 saturated heterocycles. The van der Waals surface area contributed by atoms with Crippen LogP contribution in [-0.2, 0) is 0 Å². The third kappa shape index (κ3) is 5.67. The summed E-state index contributed by atoms with van der Waals surface area (Å²) in [6, 6.07) is 0. The molecule has 0 aromatic heterocycles. The fraction of sp³-hybridized carbons (Fsp3) is 0.778. The zero-order valence-electron chi connectivity index (χ0n) is 9.49. The van der Waals surface area contributed by atoms with Crippen LogP contribution in [0.3, 0.4) is 0 Å². The van der Waals surface area contributed by atoms with Gasteiger partial charge in [0.15, 0.2) is 15.7 Å². The van der Waals surface area contributed by atoms with Gasteiger partial charge in [0, 0.05) is 0 Å². The molecule has 0 heterocycles. The van der Waals surface area contributed by atoms with Crippen molar-refractivity contribution in [2.24, 2.45) is 11.3 Å². The van der Waals surface area contributed by atoms with Gasteiger partial charge in [0.25, 0.3) is 0 Å². The Labute approximate surface area is 83.3 Å². The lowest BCUT2D eigenvalue weighted by molar-refractivity contribution is 0.323. The molecule has 0 radical (unpaired) electrons. The topological polar surface area (TPSA) is 47.7 Å². The van der Waals surface area contributed by atoms with Crippen molar-refractivity contribution in [3.63, 3.8) is 0 Å². The predicted molar refractivity (Wildman–Crippen MR) is 64.7 cm³/mol. The highest BCUT2D eigenvalue weighted by Crippen LogP contribution is 2.29. The van der Waals surface area contributed by atoms with Gasteiger partial charge in [-0.2, -0.15) is 0 Å². The highest BCUT2D eigenvalue weighted by atomic mass is 14.4. The van der Waals surface area contributed by atoms with Gasteiger partial charge in [0.2, 0.25) is 0 Å². The third-order valence-corrected chi connectivity index (χ3v) is 2.34. The van der Waals surface area contributed by atoms with Crippen LogP contribution in [-0.4, -0.2) is 26.9 Å². The van der Waals surface area contributed by atoms with E-state index >= 15 is 0 Å². The Hall–Kier alpha value is -0.530. The molecule has 2 N–H and O–H groups in total. The van der Waals surface area contributed by atoms with E-state index in [4.69, 9.17) is 10.8 Å². The van der Waals surface area contributed by atoms with E-state index in [2.05, 4.69) is 20.8 Å². The van der Waals surface area contributed by atoms with Gasteiger partial charge in [-0.3, -0.25) is 0 Å². The number of hydrogen-bond acceptors (Lipinski definition) is 2. The van der Waals surface area contributed by atoms with E-state index in [0.29, 0.717) is 5.92 Å². The molecule has 2 nitrogen and oxygen atoms in total. The second-order valence-electron chi connectivity index (χ2n) is 4.91. The standard InChI is InChI=1S/C9H20B2N2/c1-6(8(11)13)4-9(2,3)5-7(10)12/h6,12-13H,4-5,10-11H2,1-3H3. The molecule has 0 aliphatic carbocycles. The van der Waals surface area contributed by atoms with E-state index in [-0.39, 0.29) is 5.41 Å². The third-order valence-electron chi connectivity index (χ3n) is 2.34. The first-order valence-corrected chi connectivity index (χ1v) is 4.83. The fourth-order valence-corrected chi connectivity index (χ4v) is 1.77. The van der Waals surface area contributed by atoms with Crippen LogP contribution in [0.1, 0.15) is 33.6 Å². The van der Waals surface area contributed by atoms with Crippen LogP contribution in [0.5, 0.6) is 0 Å². The second-order valence-corrected chi connectivity index (χ2v) is 4.91. The summed E-state index contributed by atoms with van der Waals surface area (Å²) in [7, 11) is 3.71. The van der Waals surface area contributed by atoms with E-state index in [1.54, 1.807) is 0 Å². The van der Waals surface area contributed by atoms with Crippen LogP contribution in [0.25, 0.3) is 0 Å². The van der Waals surface area contributed by atoms with Crippen LogP contribution in [0.2, 0.25) is 0 Å². The minimum absolute atomic E-state index is 0.160. The lowest BCUT2D eigenvalue weighted by Gasteiger charge is -2.27. The summed E-state index contributed by atoms with van der Waals surface area (Å²) < 4.78 is 0. The molecule has 0 aliphatic heterocycles. The smallest absolute Gasteiger partial charge is 0.157 e. The zero-order valence-corrected chi connectivity index (χ0v) is 9.49. The first-order valence-electron chi connectivity index (χ1n) is 4.83. The van der Waals surface area contributed by atoms with Crippen LogP contribution < -0.4 is 0 Å². The number of rotatable bonds is 5. The molecule has 0 bridgehead atoms. The van der Waals surface area contributed by atoms with Gasteiger partial charge < -0.3 is 10.8 Å². The first kappa shape index (κ1) is 12.5. The molecule has 0 fully saturated rings. The maximum Gasteiger partial charge on any atom is 0.157 e. The molecule has 1 unspecified atom stereocenters. The van der Waals surface area contributed by atoms with Crippen LogP contribution in [0, 0.1) is 22.2 Å². The Kier molecular flexibility index (Phi) is 4.45. The summed E-state index contributed by atoms with van der Waals surface area (Å²) in [5.74, 6) is 0.342. The minimum Gasteiger partial charge on any atom is -0.320 e. The molecular formula is C9H20B2N2. The maximum atomic E-state index is 7.51. The van der Waals surface area contributed by atoms with Gasteiger partial charge in [-0.25, -0.2) is 0 Å². The molecule has 0 spiro atoms. The monoisotopic (exact) mass is 178 g/mol. The summed E-state index contributed by atoms with van der Waals surface area (Å²) in [6.07, 6.45) is 1.84. The molecule has 0 aliphatic rings. The molecule has 13 heavy (non-hydrogen) atoms. The van der Waals surface area contributed by atoms with Crippen molar-refractivity contribution in [2.75, 3.05) is 0 Å². The second kappa shape index (κ2) is 4.64. The van der Waals surface area contributed by atoms with Gasteiger partial charge in [0.05, 0.1) is 0 Å². The average molecular weight is 178 g/mol. The van der Waals surface area contributed by atoms with Gasteiger partial charge in [-0.05, 0) is 35.4 Å². The largest absolute Gasteiger partial charge is 0.320 e. The van der Waals surface area contributed by atoms with Gasteiger partial charge in [-0.1, -0.05) is 20.8 Å². The van der Waals surface area contributed by atoms with Crippen LogP contribution in [0.15, 0.2) is 0 Å². The van der Waals surface area contributed by atoms with Crippen molar-refractivity contribution < 1.29 is 0 Å². The zero-order chi connectivity index (χ0) is 10.6. The first-order chi connectivity index (χ1) is 5.74. The van der Waals surface area contributed by atoms with Crippen molar-refractivity contribution in [2.45, 2.75) is 33.6 Å². The maximum absolute atomic E-state index is 7.51. The molecule has 4 heteroatoms. The molecule has 1 atom stereocenters. The summed E-state index contributed by atoms with van der Waals surface area (Å²) in [5, 5.41) is 15.0. The van der Waals surface area contributed by atoms with Crippen molar-refractivity contribution in [1.29, 1.82) is 10.8 Å². The SMILES string of the molecule is BC(=N)CC(C)(C)CC(C)C(B)=N. The molecule has 0 amide bonds. The van der Waals surface area contributed by atoms with Crippen molar-refractivity contribution >= 4 is 26.9 Å². The predicted octanol–water partition coefficient (Wildman–Crippen LogP) is 0.650. The van der Waals surface area contributed by atoms with E-state index < -0.39 is 0 Å². The Balaban J connectivity index is 4.16. The van der Waals surface area contributed by atoms with Crippen LogP contribution in [0.4, 0.5) is 0 Å². The number of nitrogens with one attached hydrogen (secondary N) is 2. The highest BCUT2D eigenvalue weighted by molar-refractivity contribution is 6.59. The van der Waals surface area contributed by atoms with Gasteiger partial charge in [-0.15, -0.1) is 0 Å². The highest BCUT2D eigenvalue weighted by Gasteiger charge is 2.22. The summed E-state index contributed by atoms with van der Waals surface area (Å²) >= 11 is 0. The summed E-state index contributed by atoms with van der Waals surface area (Å²) in [4.78, 5) is 0. The molecule has 72 valence electrons. The van der Waals surface area contributed by atoms with Gasteiger partial charge >= 0.3 is 0 Å². The Morgan fingerprint density at radius 2 is 1.77 bits per heavy atom. The number of hydrogen-bond donors (Lipinski definition) is 2. The van der Waals surface area contributed by atoms with E-state index in [1.165, 1.54) is 0 Å². The molecule has 0 saturated carbocycles. The molecular weight excluding hydrogens is 158 g/mol. The van der Waals surface area contributed by atoms with E-state index in [9.17, 15) is 0 Å². The lowest BCUT2D eigenvalue weighted by Crippen LogP contribution is -2.23. The Bertz CT molecular complexity index is 212. The fourth-order valence-electron chi connectivity index (χ4n) is 1.77. The Morgan fingerprint density at radius 1 is 1.31 bits per heavy atom. The molecule has 0 aromatic rings. The average Bonchev–Trinajstić information content (AvgIpc) is 1.81. The normalized spacial score (nSPS) is 13.8. The lowest BCUT2D eigenvalue weighted by atomic mass is 9.72. The van der Waals surface area contributed by atoms with Gasteiger partial charge in [0.1, 0.15) is 0 Å². The Morgan fingerprint density at radius 3 is 2.08 bits per heavy atom. The minimum atomic E-state index is 0.160. The molecule has 0 rings (SSSR count). The van der Waals surface area contributed by atoms with Crippen molar-refractivity contribution in [3.05, 3.63) is 0 Å². The van der Waals surface area contributed by atoms with Crippen molar-refractivity contribution in [1.82, 2.24) is 0 Å². The summed E-state index contributed by atoms with van der Waals surface area (Å²) in [6.45, 7) is 6.43. The van der Waals surface area contributed by atoms with Crippen LogP contribution >= 0.6 is 0 Å². The van der Waals surface area contributed by atoms with E-state index in [0.717, 1.165) is 24.1 Å². The van der Waals surface area contributed by atoms with Crippen molar-refractivity contribution in [3.8, 4) is 0 Å².